The van der Waals surface area contributed by atoms with Crippen molar-refractivity contribution >= 4 is 30.0 Å². The number of carbonyl (C=O) groups excluding carboxylic acids is 2. The van der Waals surface area contributed by atoms with Crippen molar-refractivity contribution in [2.45, 2.75) is 45.1 Å². The number of benzene rings is 1. The Kier molecular flexibility index (Phi) is 7.06. The number of likely N-dealkylation sites (tertiary alicyclic amines) is 1. The number of fused-ring (bicyclic) bond motifs is 2. The Labute approximate surface area is 179 Å². The number of urea groups is 1. The molecule has 4 rings (SSSR count). The standard InChI is InChI=1S/C22H32N4O2.ClH/c1-14-4-8-18(9-5-14)25-22(28)24-12-15-3-2-10-26(13-15)21(27)19-16-6-7-17(11-16)20(19)23;/h4-5,8-9,15-17,19-20H,2-3,6-7,10-13,23H2,1H3,(H2,24,25,28);1H. The van der Waals surface area contributed by atoms with Crippen LogP contribution in [0.4, 0.5) is 10.5 Å². The van der Waals surface area contributed by atoms with E-state index in [-0.39, 0.29) is 36.3 Å². The van der Waals surface area contributed by atoms with Gasteiger partial charge in [0, 0.05) is 31.4 Å². The fraction of sp³-hybridized carbons (Fsp3) is 0.636. The molecule has 160 valence electrons. The zero-order valence-corrected chi connectivity index (χ0v) is 17.9. The van der Waals surface area contributed by atoms with Gasteiger partial charge in [-0.05, 0) is 68.9 Å². The van der Waals surface area contributed by atoms with Crippen LogP contribution < -0.4 is 16.4 Å². The molecule has 1 heterocycles. The molecule has 3 aliphatic rings. The van der Waals surface area contributed by atoms with Gasteiger partial charge in [0.05, 0.1) is 5.92 Å². The van der Waals surface area contributed by atoms with Crippen LogP contribution in [0.5, 0.6) is 0 Å². The number of rotatable bonds is 4. The molecule has 2 bridgehead atoms. The van der Waals surface area contributed by atoms with Gasteiger partial charge in [-0.2, -0.15) is 0 Å². The van der Waals surface area contributed by atoms with E-state index in [1.165, 1.54) is 6.42 Å². The molecule has 6 nitrogen and oxygen atoms in total. The number of amides is 3. The first kappa shape index (κ1) is 21.9. The van der Waals surface area contributed by atoms with Gasteiger partial charge in [-0.1, -0.05) is 17.7 Å². The highest BCUT2D eigenvalue weighted by atomic mass is 35.5. The molecule has 5 unspecified atom stereocenters. The van der Waals surface area contributed by atoms with E-state index in [2.05, 4.69) is 10.6 Å². The molecule has 1 saturated heterocycles. The number of halogens is 1. The number of piperidine rings is 1. The summed E-state index contributed by atoms with van der Waals surface area (Å²) in [6, 6.07) is 7.59. The van der Waals surface area contributed by atoms with Crippen molar-refractivity contribution in [3.05, 3.63) is 29.8 Å². The van der Waals surface area contributed by atoms with Crippen LogP contribution in [0.1, 0.15) is 37.7 Å². The maximum absolute atomic E-state index is 13.1. The van der Waals surface area contributed by atoms with Gasteiger partial charge in [0.2, 0.25) is 5.91 Å². The molecule has 0 aromatic heterocycles. The van der Waals surface area contributed by atoms with Crippen LogP contribution in [0, 0.1) is 30.6 Å². The van der Waals surface area contributed by atoms with E-state index in [0.29, 0.717) is 24.3 Å². The van der Waals surface area contributed by atoms with E-state index in [9.17, 15) is 9.59 Å². The van der Waals surface area contributed by atoms with Crippen molar-refractivity contribution in [1.29, 1.82) is 0 Å². The van der Waals surface area contributed by atoms with Crippen LogP contribution in [0.3, 0.4) is 0 Å². The summed E-state index contributed by atoms with van der Waals surface area (Å²) in [6.45, 7) is 4.16. The first-order valence-corrected chi connectivity index (χ1v) is 10.7. The minimum absolute atomic E-state index is 0. The van der Waals surface area contributed by atoms with E-state index in [1.54, 1.807) is 0 Å². The predicted octanol–water partition coefficient (Wildman–Crippen LogP) is 3.15. The Bertz CT molecular complexity index is 724. The molecule has 0 radical (unpaired) electrons. The third-order valence-corrected chi connectivity index (χ3v) is 6.96. The van der Waals surface area contributed by atoms with Gasteiger partial charge in [0.25, 0.3) is 0 Å². The Morgan fingerprint density at radius 3 is 2.55 bits per heavy atom. The van der Waals surface area contributed by atoms with Gasteiger partial charge in [-0.3, -0.25) is 4.79 Å². The largest absolute Gasteiger partial charge is 0.342 e. The second kappa shape index (κ2) is 9.35. The van der Waals surface area contributed by atoms with E-state index in [4.69, 9.17) is 5.73 Å². The summed E-state index contributed by atoms with van der Waals surface area (Å²) in [4.78, 5) is 27.3. The number of aryl methyl sites for hydroxylation is 1. The minimum Gasteiger partial charge on any atom is -0.342 e. The molecule has 0 spiro atoms. The Morgan fingerprint density at radius 1 is 1.14 bits per heavy atom. The molecule has 5 atom stereocenters. The first-order valence-electron chi connectivity index (χ1n) is 10.7. The zero-order chi connectivity index (χ0) is 19.7. The molecule has 1 aromatic rings. The molecule has 7 heteroatoms. The summed E-state index contributed by atoms with van der Waals surface area (Å²) in [6.07, 6.45) is 5.52. The molecule has 29 heavy (non-hydrogen) atoms. The predicted molar refractivity (Wildman–Crippen MR) is 117 cm³/mol. The number of nitrogens with one attached hydrogen (secondary N) is 2. The summed E-state index contributed by atoms with van der Waals surface area (Å²) in [7, 11) is 0. The van der Waals surface area contributed by atoms with Crippen molar-refractivity contribution in [3.8, 4) is 0 Å². The van der Waals surface area contributed by atoms with E-state index < -0.39 is 0 Å². The molecular formula is C22H33ClN4O2. The highest BCUT2D eigenvalue weighted by Crippen LogP contribution is 2.48. The van der Waals surface area contributed by atoms with Gasteiger partial charge in [-0.15, -0.1) is 12.4 Å². The fourth-order valence-corrected chi connectivity index (χ4v) is 5.39. The molecule has 2 aliphatic carbocycles. The van der Waals surface area contributed by atoms with Crippen LogP contribution >= 0.6 is 12.4 Å². The zero-order valence-electron chi connectivity index (χ0n) is 17.1. The summed E-state index contributed by atoms with van der Waals surface area (Å²) in [5, 5.41) is 5.83. The monoisotopic (exact) mass is 420 g/mol. The maximum Gasteiger partial charge on any atom is 0.319 e. The molecule has 3 amide bonds. The van der Waals surface area contributed by atoms with Gasteiger partial charge in [0.1, 0.15) is 0 Å². The van der Waals surface area contributed by atoms with Gasteiger partial charge in [0.15, 0.2) is 0 Å². The van der Waals surface area contributed by atoms with Crippen LogP contribution in [0.15, 0.2) is 24.3 Å². The number of hydrogen-bond acceptors (Lipinski definition) is 3. The van der Waals surface area contributed by atoms with Gasteiger partial charge >= 0.3 is 6.03 Å². The van der Waals surface area contributed by atoms with Crippen molar-refractivity contribution in [2.24, 2.45) is 29.4 Å². The number of carbonyl (C=O) groups is 2. The Hall–Kier alpha value is -1.79. The lowest BCUT2D eigenvalue weighted by atomic mass is 9.83. The van der Waals surface area contributed by atoms with Crippen LogP contribution in [-0.4, -0.2) is 42.5 Å². The van der Waals surface area contributed by atoms with E-state index >= 15 is 0 Å². The topological polar surface area (TPSA) is 87.5 Å². The third kappa shape index (κ3) is 4.86. The Morgan fingerprint density at radius 2 is 1.86 bits per heavy atom. The lowest BCUT2D eigenvalue weighted by Crippen LogP contribution is -2.51. The number of nitrogens with zero attached hydrogens (tertiary/aromatic N) is 1. The highest BCUT2D eigenvalue weighted by Gasteiger charge is 2.50. The third-order valence-electron chi connectivity index (χ3n) is 6.96. The quantitative estimate of drug-likeness (QED) is 0.699. The molecule has 4 N–H and O–H groups in total. The minimum atomic E-state index is -0.192. The summed E-state index contributed by atoms with van der Waals surface area (Å²) in [5.41, 5.74) is 8.32. The van der Waals surface area contributed by atoms with Gasteiger partial charge in [-0.25, -0.2) is 4.79 Å². The number of hydrogen-bond donors (Lipinski definition) is 3. The molecule has 2 saturated carbocycles. The van der Waals surface area contributed by atoms with Crippen molar-refractivity contribution < 1.29 is 9.59 Å². The molecule has 3 fully saturated rings. The second-order valence-electron chi connectivity index (χ2n) is 8.93. The van der Waals surface area contributed by atoms with Crippen LogP contribution in [0.2, 0.25) is 0 Å². The summed E-state index contributed by atoms with van der Waals surface area (Å²) < 4.78 is 0. The maximum atomic E-state index is 13.1. The lowest BCUT2D eigenvalue weighted by Gasteiger charge is -2.37. The SMILES string of the molecule is Cc1ccc(NC(=O)NCC2CCCN(C(=O)C3C4CCC(C4)C3N)C2)cc1.Cl. The molecular weight excluding hydrogens is 388 g/mol. The van der Waals surface area contributed by atoms with Gasteiger partial charge < -0.3 is 21.3 Å². The van der Waals surface area contributed by atoms with Crippen LogP contribution in [-0.2, 0) is 4.79 Å². The number of nitrogens with two attached hydrogens (primary N) is 1. The highest BCUT2D eigenvalue weighted by molar-refractivity contribution is 5.89. The fourth-order valence-electron chi connectivity index (χ4n) is 5.39. The van der Waals surface area contributed by atoms with Crippen molar-refractivity contribution in [3.63, 3.8) is 0 Å². The lowest BCUT2D eigenvalue weighted by molar-refractivity contribution is -0.139. The summed E-state index contributed by atoms with van der Waals surface area (Å²) in [5.74, 6) is 1.62. The average molecular weight is 421 g/mol. The van der Waals surface area contributed by atoms with Crippen LogP contribution in [0.25, 0.3) is 0 Å². The first-order chi connectivity index (χ1) is 13.5. The average Bonchev–Trinajstić information content (AvgIpc) is 3.29. The normalized spacial score (nSPS) is 30.6. The molecule has 1 aromatic carbocycles. The molecule has 1 aliphatic heterocycles. The smallest absolute Gasteiger partial charge is 0.319 e. The second-order valence-corrected chi connectivity index (χ2v) is 8.93. The Balaban J connectivity index is 0.00000240. The van der Waals surface area contributed by atoms with E-state index in [1.807, 2.05) is 36.1 Å². The van der Waals surface area contributed by atoms with Crippen molar-refractivity contribution in [2.75, 3.05) is 25.0 Å². The van der Waals surface area contributed by atoms with E-state index in [0.717, 1.165) is 50.0 Å². The summed E-state index contributed by atoms with van der Waals surface area (Å²) >= 11 is 0. The van der Waals surface area contributed by atoms with Crippen molar-refractivity contribution in [1.82, 2.24) is 10.2 Å². The number of anilines is 1.